The molecule has 0 bridgehead atoms. The number of hydrogen-bond donors (Lipinski definition) is 2. The standard InChI is InChI=1S/C19H27NO4S2/c1-4-15(7-5-14-6-8-17(21)16(10-14)11-20)18-9-12(2)19(25-18)13(3)24-26(22)23/h6,8-10,13,15,21H,4-5,7,11,20H2,1-3H3,(H,22,23)/p-1. The van der Waals surface area contributed by atoms with Crippen LogP contribution in [0.15, 0.2) is 24.3 Å². The van der Waals surface area contributed by atoms with Crippen LogP contribution < -0.4 is 5.73 Å². The Morgan fingerprint density at radius 1 is 1.38 bits per heavy atom. The van der Waals surface area contributed by atoms with Gasteiger partial charge < -0.3 is 15.4 Å². The molecule has 0 radical (unpaired) electrons. The summed E-state index contributed by atoms with van der Waals surface area (Å²) in [5.41, 5.74) is 8.65. The van der Waals surface area contributed by atoms with Crippen molar-refractivity contribution in [3.8, 4) is 5.75 Å². The molecule has 144 valence electrons. The highest BCUT2D eigenvalue weighted by molar-refractivity contribution is 7.74. The zero-order valence-corrected chi connectivity index (χ0v) is 17.0. The smallest absolute Gasteiger partial charge is 0.120 e. The topological polar surface area (TPSA) is 95.6 Å². The zero-order valence-electron chi connectivity index (χ0n) is 15.4. The van der Waals surface area contributed by atoms with Crippen molar-refractivity contribution < 1.29 is 18.1 Å². The molecule has 0 fully saturated rings. The molecule has 0 aliphatic heterocycles. The SMILES string of the molecule is CCC(CCc1ccc(O)c(CN)c1)c1cc(C)c(C(C)OS(=O)[O-])s1. The Kier molecular flexibility index (Phi) is 7.79. The second-order valence-electron chi connectivity index (χ2n) is 6.45. The van der Waals surface area contributed by atoms with E-state index >= 15 is 0 Å². The van der Waals surface area contributed by atoms with Gasteiger partial charge in [0, 0.05) is 21.9 Å². The number of phenols is 1. The predicted molar refractivity (Wildman–Crippen MR) is 105 cm³/mol. The van der Waals surface area contributed by atoms with Gasteiger partial charge in [0.15, 0.2) is 0 Å². The van der Waals surface area contributed by atoms with Crippen LogP contribution in [0, 0.1) is 6.92 Å². The predicted octanol–water partition coefficient (Wildman–Crippen LogP) is 4.22. The minimum absolute atomic E-state index is 0.242. The molecular weight excluding hydrogens is 370 g/mol. The maximum atomic E-state index is 10.8. The summed E-state index contributed by atoms with van der Waals surface area (Å²) in [7, 11) is 0. The molecule has 3 unspecified atom stereocenters. The van der Waals surface area contributed by atoms with Crippen LogP contribution in [0.4, 0.5) is 0 Å². The number of hydrogen-bond acceptors (Lipinski definition) is 6. The quantitative estimate of drug-likeness (QED) is 0.619. The molecule has 1 heterocycles. The van der Waals surface area contributed by atoms with E-state index in [0.717, 1.165) is 40.8 Å². The van der Waals surface area contributed by atoms with E-state index in [0.29, 0.717) is 12.5 Å². The fraction of sp³-hybridized carbons (Fsp3) is 0.474. The fourth-order valence-corrected chi connectivity index (χ4v) is 4.90. The van der Waals surface area contributed by atoms with Crippen LogP contribution in [0.5, 0.6) is 5.75 Å². The highest BCUT2D eigenvalue weighted by atomic mass is 32.2. The monoisotopic (exact) mass is 396 g/mol. The molecular formula is C19H26NO4S2-. The second kappa shape index (κ2) is 9.62. The number of thiophene rings is 1. The summed E-state index contributed by atoms with van der Waals surface area (Å²) in [6.07, 6.45) is 2.42. The van der Waals surface area contributed by atoms with Gasteiger partial charge in [0.1, 0.15) is 11.9 Å². The van der Waals surface area contributed by atoms with E-state index in [2.05, 4.69) is 13.0 Å². The summed E-state index contributed by atoms with van der Waals surface area (Å²) < 4.78 is 26.5. The van der Waals surface area contributed by atoms with Crippen molar-refractivity contribution in [3.63, 3.8) is 0 Å². The summed E-state index contributed by atoms with van der Waals surface area (Å²) in [5, 5.41) is 9.75. The van der Waals surface area contributed by atoms with Crippen LogP contribution in [-0.2, 0) is 28.5 Å². The lowest BCUT2D eigenvalue weighted by atomic mass is 9.94. The first-order chi connectivity index (χ1) is 12.3. The molecule has 2 aromatic rings. The van der Waals surface area contributed by atoms with Crippen molar-refractivity contribution in [2.24, 2.45) is 5.73 Å². The Morgan fingerprint density at radius 3 is 2.73 bits per heavy atom. The van der Waals surface area contributed by atoms with Crippen molar-refractivity contribution in [1.29, 1.82) is 0 Å². The molecule has 26 heavy (non-hydrogen) atoms. The summed E-state index contributed by atoms with van der Waals surface area (Å²) in [6, 6.07) is 7.75. The molecule has 5 nitrogen and oxygen atoms in total. The van der Waals surface area contributed by atoms with Gasteiger partial charge in [0.25, 0.3) is 0 Å². The summed E-state index contributed by atoms with van der Waals surface area (Å²) in [4.78, 5) is 2.21. The molecule has 0 amide bonds. The van der Waals surface area contributed by atoms with Crippen molar-refractivity contribution in [2.75, 3.05) is 0 Å². The van der Waals surface area contributed by atoms with Gasteiger partial charge in [-0.15, -0.1) is 11.3 Å². The van der Waals surface area contributed by atoms with Gasteiger partial charge in [0.2, 0.25) is 0 Å². The molecule has 0 saturated carbocycles. The normalized spacial score (nSPS) is 15.0. The van der Waals surface area contributed by atoms with Gasteiger partial charge in [-0.2, -0.15) is 0 Å². The number of nitrogens with two attached hydrogens (primary N) is 1. The highest BCUT2D eigenvalue weighted by Gasteiger charge is 2.19. The van der Waals surface area contributed by atoms with Crippen LogP contribution in [0.1, 0.15) is 65.2 Å². The molecule has 3 N–H and O–H groups in total. The Labute approximate surface area is 161 Å². The maximum absolute atomic E-state index is 10.8. The van der Waals surface area contributed by atoms with Gasteiger partial charge in [-0.3, -0.25) is 4.18 Å². The van der Waals surface area contributed by atoms with Gasteiger partial charge in [-0.25, -0.2) is 4.21 Å². The molecule has 2 rings (SSSR count). The summed E-state index contributed by atoms with van der Waals surface area (Å²) >= 11 is -0.886. The summed E-state index contributed by atoms with van der Waals surface area (Å²) in [6.45, 7) is 6.23. The minimum Gasteiger partial charge on any atom is -0.750 e. The number of aromatic hydroxyl groups is 1. The van der Waals surface area contributed by atoms with Gasteiger partial charge >= 0.3 is 0 Å². The van der Waals surface area contributed by atoms with E-state index in [4.69, 9.17) is 9.92 Å². The van der Waals surface area contributed by atoms with Crippen LogP contribution in [0.2, 0.25) is 0 Å². The number of rotatable bonds is 9. The van der Waals surface area contributed by atoms with E-state index in [-0.39, 0.29) is 5.75 Å². The average Bonchev–Trinajstić information content (AvgIpc) is 2.98. The minimum atomic E-state index is -2.52. The van der Waals surface area contributed by atoms with Crippen LogP contribution in [0.25, 0.3) is 0 Å². The van der Waals surface area contributed by atoms with Gasteiger partial charge in [-0.1, -0.05) is 19.1 Å². The van der Waals surface area contributed by atoms with Crippen molar-refractivity contribution in [1.82, 2.24) is 0 Å². The molecule has 0 aliphatic carbocycles. The molecule has 7 heteroatoms. The van der Waals surface area contributed by atoms with Crippen LogP contribution in [0.3, 0.4) is 0 Å². The molecule has 1 aromatic carbocycles. The van der Waals surface area contributed by atoms with E-state index in [1.165, 1.54) is 4.88 Å². The third-order valence-electron chi connectivity index (χ3n) is 4.61. The fourth-order valence-electron chi connectivity index (χ4n) is 3.13. The number of aryl methyl sites for hydroxylation is 2. The largest absolute Gasteiger partial charge is 0.750 e. The molecule has 0 spiro atoms. The lowest BCUT2D eigenvalue weighted by molar-refractivity contribution is 0.226. The second-order valence-corrected chi connectivity index (χ2v) is 8.17. The Hall–Kier alpha value is -1.25. The third kappa shape index (κ3) is 5.37. The Balaban J connectivity index is 2.10. The summed E-state index contributed by atoms with van der Waals surface area (Å²) in [5.74, 6) is 0.638. The van der Waals surface area contributed by atoms with E-state index in [9.17, 15) is 13.9 Å². The first-order valence-electron chi connectivity index (χ1n) is 8.73. The van der Waals surface area contributed by atoms with Crippen LogP contribution >= 0.6 is 11.3 Å². The van der Waals surface area contributed by atoms with E-state index < -0.39 is 17.5 Å². The highest BCUT2D eigenvalue weighted by Crippen LogP contribution is 2.37. The first kappa shape index (κ1) is 21.1. The molecule has 0 saturated heterocycles. The molecule has 3 atom stereocenters. The lowest BCUT2D eigenvalue weighted by Crippen LogP contribution is -2.01. The van der Waals surface area contributed by atoms with Gasteiger partial charge in [0.05, 0.1) is 11.4 Å². The van der Waals surface area contributed by atoms with Gasteiger partial charge in [-0.05, 0) is 62.3 Å². The zero-order chi connectivity index (χ0) is 19.3. The van der Waals surface area contributed by atoms with E-state index in [1.807, 2.05) is 19.1 Å². The molecule has 0 aliphatic rings. The Bertz CT molecular complexity index is 760. The van der Waals surface area contributed by atoms with Crippen molar-refractivity contribution in [2.45, 2.75) is 58.6 Å². The first-order valence-corrected chi connectivity index (χ1v) is 10.5. The number of benzene rings is 1. The van der Waals surface area contributed by atoms with Crippen molar-refractivity contribution in [3.05, 3.63) is 50.7 Å². The maximum Gasteiger partial charge on any atom is 0.120 e. The van der Waals surface area contributed by atoms with E-state index in [1.54, 1.807) is 24.3 Å². The third-order valence-corrected chi connectivity index (χ3v) is 6.61. The Morgan fingerprint density at radius 2 is 2.12 bits per heavy atom. The average molecular weight is 397 g/mol. The van der Waals surface area contributed by atoms with Crippen molar-refractivity contribution >= 4 is 22.7 Å². The lowest BCUT2D eigenvalue weighted by Gasteiger charge is -2.15. The van der Waals surface area contributed by atoms with Crippen LogP contribution in [-0.4, -0.2) is 13.9 Å². The number of phenolic OH excluding ortho intramolecular Hbond substituents is 1. The molecule has 1 aromatic heterocycles.